The van der Waals surface area contributed by atoms with E-state index in [1.54, 1.807) is 4.90 Å². The van der Waals surface area contributed by atoms with Gasteiger partial charge in [0.05, 0.1) is 12.9 Å². The minimum atomic E-state index is -0.790. The molecule has 6 rings (SSSR count). The number of piperidine rings is 3. The first kappa shape index (κ1) is 14.0. The van der Waals surface area contributed by atoms with Gasteiger partial charge in [0.1, 0.15) is 6.10 Å². The summed E-state index contributed by atoms with van der Waals surface area (Å²) in [6.07, 6.45) is 2.03. The van der Waals surface area contributed by atoms with Crippen molar-refractivity contribution in [3.63, 3.8) is 0 Å². The maximum absolute atomic E-state index is 13.4. The van der Waals surface area contributed by atoms with Gasteiger partial charge in [0, 0.05) is 13.1 Å². The summed E-state index contributed by atoms with van der Waals surface area (Å²) in [6, 6.07) is 5.03. The van der Waals surface area contributed by atoms with E-state index in [1.165, 1.54) is 0 Å². The van der Waals surface area contributed by atoms with Crippen LogP contribution < -0.4 is 0 Å². The number of fused-ring (bicyclic) bond motifs is 4. The van der Waals surface area contributed by atoms with Gasteiger partial charge in [-0.3, -0.25) is 9.80 Å². The first-order valence-corrected chi connectivity index (χ1v) is 9.71. The molecule has 0 N–H and O–H groups in total. The summed E-state index contributed by atoms with van der Waals surface area (Å²) in [6.45, 7) is 3.19. The Bertz CT molecular complexity index is 1050. The third kappa shape index (κ3) is 3.51. The fraction of sp³-hybridized carbons (Fsp3) is 0.435. The topological polar surface area (TPSA) is 32.8 Å². The van der Waals surface area contributed by atoms with Crippen LogP contribution >= 0.6 is 12.4 Å². The van der Waals surface area contributed by atoms with Crippen LogP contribution in [0.4, 0.5) is 4.79 Å². The number of amides is 1. The van der Waals surface area contributed by atoms with Crippen molar-refractivity contribution in [1.82, 2.24) is 9.80 Å². The molecular weight excluding hydrogens is 372 g/mol. The number of carbonyl (C=O) groups excluding carboxylic acids is 1. The van der Waals surface area contributed by atoms with E-state index >= 15 is 0 Å². The first-order valence-electron chi connectivity index (χ1n) is 12.2. The number of halogens is 1. The van der Waals surface area contributed by atoms with Gasteiger partial charge in [-0.1, -0.05) is 54.5 Å². The maximum Gasteiger partial charge on any atom is 0.410 e. The van der Waals surface area contributed by atoms with Crippen molar-refractivity contribution < 1.29 is 16.4 Å². The third-order valence-corrected chi connectivity index (χ3v) is 6.16. The van der Waals surface area contributed by atoms with Crippen molar-refractivity contribution in [2.45, 2.75) is 31.4 Å². The first-order chi connectivity index (χ1) is 15.4. The molecule has 2 aromatic carbocycles. The van der Waals surface area contributed by atoms with Crippen molar-refractivity contribution in [1.29, 1.82) is 0 Å². The van der Waals surface area contributed by atoms with Crippen LogP contribution in [0.3, 0.4) is 0 Å². The molecule has 3 fully saturated rings. The number of hydrogen-bond acceptors (Lipinski definition) is 3. The molecule has 4 aliphatic heterocycles. The molecule has 28 heavy (non-hydrogen) atoms. The normalized spacial score (nSPS) is 30.7. The van der Waals surface area contributed by atoms with Gasteiger partial charge >= 0.3 is 6.09 Å². The van der Waals surface area contributed by atoms with Crippen LogP contribution in [0.1, 0.15) is 42.4 Å². The molecule has 2 bridgehead atoms. The molecule has 0 saturated carbocycles. The van der Waals surface area contributed by atoms with Crippen LogP contribution in [0.5, 0.6) is 0 Å². The molecule has 148 valence electrons. The van der Waals surface area contributed by atoms with E-state index in [9.17, 15) is 4.79 Å². The highest BCUT2D eigenvalue weighted by molar-refractivity contribution is 5.85. The molecule has 4 nitrogen and oxygen atoms in total. The van der Waals surface area contributed by atoms with Gasteiger partial charge in [-0.05, 0) is 55.0 Å². The summed E-state index contributed by atoms with van der Waals surface area (Å²) in [7, 11) is 0. The number of rotatable bonds is 2. The SMILES string of the molecule is Cl.[2H]c1c([2H])c([2H])c([C@@H]2c3ccccc3CCN2C(=O)O[C@@H]2CN3CCC2CC3)c([2H])c1[2H]. The smallest absolute Gasteiger partial charge is 0.410 e. The van der Waals surface area contributed by atoms with E-state index in [2.05, 4.69) is 4.90 Å². The molecule has 0 radical (unpaired) electrons. The lowest BCUT2D eigenvalue weighted by Crippen LogP contribution is -2.53. The minimum absolute atomic E-state index is 0. The van der Waals surface area contributed by atoms with Gasteiger partial charge in [-0.15, -0.1) is 12.4 Å². The van der Waals surface area contributed by atoms with Crippen LogP contribution in [-0.2, 0) is 11.2 Å². The second-order valence-electron chi connectivity index (χ2n) is 7.64. The molecule has 0 aliphatic carbocycles. The molecule has 0 spiro atoms. The molecule has 2 aromatic rings. The average molecular weight is 404 g/mol. The Hall–Kier alpha value is -2.04. The highest BCUT2D eigenvalue weighted by Gasteiger charge is 2.39. The molecule has 4 aliphatic rings. The predicted molar refractivity (Wildman–Crippen MR) is 112 cm³/mol. The Morgan fingerprint density at radius 2 is 1.82 bits per heavy atom. The van der Waals surface area contributed by atoms with Gasteiger partial charge < -0.3 is 4.74 Å². The van der Waals surface area contributed by atoms with Crippen molar-refractivity contribution >= 4 is 18.5 Å². The number of ether oxygens (including phenoxy) is 1. The number of nitrogens with zero attached hydrogens (tertiary/aromatic N) is 2. The average Bonchev–Trinajstić information content (AvgIpc) is 2.82. The van der Waals surface area contributed by atoms with Crippen LogP contribution in [0, 0.1) is 5.92 Å². The Balaban J connectivity index is 0.00000259. The van der Waals surface area contributed by atoms with Gasteiger partial charge in [-0.2, -0.15) is 0 Å². The van der Waals surface area contributed by atoms with Gasteiger partial charge in [0.2, 0.25) is 0 Å². The maximum atomic E-state index is 13.4. The highest BCUT2D eigenvalue weighted by atomic mass is 35.5. The molecule has 5 heteroatoms. The summed E-state index contributed by atoms with van der Waals surface area (Å²) >= 11 is 0. The van der Waals surface area contributed by atoms with Gasteiger partial charge in [-0.25, -0.2) is 4.79 Å². The lowest BCUT2D eigenvalue weighted by atomic mass is 9.86. The molecule has 0 unspecified atom stereocenters. The number of benzene rings is 2. The largest absolute Gasteiger partial charge is 0.444 e. The van der Waals surface area contributed by atoms with E-state index in [0.29, 0.717) is 18.9 Å². The van der Waals surface area contributed by atoms with Crippen LogP contribution in [0.25, 0.3) is 0 Å². The third-order valence-electron chi connectivity index (χ3n) is 6.16. The lowest BCUT2D eigenvalue weighted by Gasteiger charge is -2.45. The Kier molecular flexibility index (Phi) is 4.08. The number of hydrogen-bond donors (Lipinski definition) is 0. The van der Waals surface area contributed by atoms with Crippen LogP contribution in [-0.4, -0.2) is 48.2 Å². The van der Waals surface area contributed by atoms with E-state index in [-0.39, 0.29) is 36.2 Å². The van der Waals surface area contributed by atoms with Crippen LogP contribution in [0.15, 0.2) is 54.5 Å². The Morgan fingerprint density at radius 3 is 2.54 bits per heavy atom. The van der Waals surface area contributed by atoms with E-state index < -0.39 is 30.3 Å². The van der Waals surface area contributed by atoms with E-state index in [1.807, 2.05) is 24.3 Å². The molecule has 2 atom stereocenters. The van der Waals surface area contributed by atoms with Gasteiger partial charge in [0.15, 0.2) is 0 Å². The quantitative estimate of drug-likeness (QED) is 0.750. The molecule has 3 saturated heterocycles. The highest BCUT2D eigenvalue weighted by Crippen LogP contribution is 2.36. The van der Waals surface area contributed by atoms with Gasteiger partial charge in [0.25, 0.3) is 0 Å². The van der Waals surface area contributed by atoms with Crippen molar-refractivity contribution in [2.75, 3.05) is 26.2 Å². The summed E-state index contributed by atoms with van der Waals surface area (Å²) in [5, 5.41) is 0. The summed E-state index contributed by atoms with van der Waals surface area (Å²) < 4.78 is 47.2. The molecule has 1 amide bonds. The van der Waals surface area contributed by atoms with E-state index in [0.717, 1.165) is 43.6 Å². The standard InChI is InChI=1S/C23H26N2O2.ClH/c26-23(27-21-16-24-13-10-18(21)11-14-24)25-15-12-17-6-4-5-9-20(17)22(25)19-7-2-1-3-8-19;/h1-9,18,21-22H,10-16H2;1H/t21-,22-;/m1./s1/i1D,2D,3D,7D,8D;. The number of carbonyl (C=O) groups is 1. The molecule has 0 aromatic heterocycles. The lowest BCUT2D eigenvalue weighted by molar-refractivity contribution is -0.0462. The van der Waals surface area contributed by atoms with Crippen LogP contribution in [0.2, 0.25) is 0 Å². The van der Waals surface area contributed by atoms with Crippen molar-refractivity contribution in [3.05, 3.63) is 71.2 Å². The summed E-state index contributed by atoms with van der Waals surface area (Å²) in [4.78, 5) is 17.3. The van der Waals surface area contributed by atoms with Crippen molar-refractivity contribution in [3.8, 4) is 0 Å². The summed E-state index contributed by atoms with van der Waals surface area (Å²) in [5.74, 6) is 0.361. The summed E-state index contributed by atoms with van der Waals surface area (Å²) in [5.41, 5.74) is 1.91. The van der Waals surface area contributed by atoms with E-state index in [4.69, 9.17) is 11.6 Å². The second-order valence-corrected chi connectivity index (χ2v) is 7.64. The monoisotopic (exact) mass is 403 g/mol. The zero-order chi connectivity index (χ0) is 22.6. The predicted octanol–water partition coefficient (Wildman–Crippen LogP) is 4.29. The van der Waals surface area contributed by atoms with Crippen molar-refractivity contribution in [2.24, 2.45) is 5.92 Å². The second kappa shape index (κ2) is 8.14. The fourth-order valence-electron chi connectivity index (χ4n) is 4.71. The minimum Gasteiger partial charge on any atom is -0.444 e. The zero-order valence-corrected chi connectivity index (χ0v) is 16.4. The zero-order valence-electron chi connectivity index (χ0n) is 20.6. The fourth-order valence-corrected chi connectivity index (χ4v) is 4.71. The Morgan fingerprint density at radius 1 is 1.07 bits per heavy atom. The Labute approximate surface area is 179 Å². The molecular formula is C23H27ClN2O2. The molecule has 4 heterocycles.